The second kappa shape index (κ2) is 5.61. The highest BCUT2D eigenvalue weighted by Gasteiger charge is 2.02. The van der Waals surface area contributed by atoms with Crippen molar-refractivity contribution in [2.75, 3.05) is 0 Å². The van der Waals surface area contributed by atoms with Gasteiger partial charge in [-0.15, -0.1) is 0 Å². The van der Waals surface area contributed by atoms with Gasteiger partial charge in [-0.2, -0.15) is 0 Å². The summed E-state index contributed by atoms with van der Waals surface area (Å²) in [5.41, 5.74) is 0. The number of hydrogen-bond acceptors (Lipinski definition) is 6. The molecule has 0 unspecified atom stereocenters. The maximum Gasteiger partial charge on any atom is 0.525 e. The lowest BCUT2D eigenvalue weighted by Gasteiger charge is -2.20. The molecule has 0 fully saturated rings. The topological polar surface area (TPSA) is 78.9 Å². The van der Waals surface area contributed by atoms with Crippen LogP contribution in [0.2, 0.25) is 0 Å². The third-order valence-electron chi connectivity index (χ3n) is 0.500. The molecule has 6 nitrogen and oxygen atoms in total. The highest BCUT2D eigenvalue weighted by molar-refractivity contribution is 6.41. The average molecular weight is 146 g/mol. The summed E-state index contributed by atoms with van der Waals surface area (Å²) < 4.78 is 11.8. The van der Waals surface area contributed by atoms with Crippen molar-refractivity contribution >= 4 is 26.7 Å². The van der Waals surface area contributed by atoms with E-state index in [9.17, 15) is 14.4 Å². The fourth-order valence-electron chi connectivity index (χ4n) is 0.232. The molecule has 0 bridgehead atoms. The summed E-state index contributed by atoms with van der Waals surface area (Å²) in [6.45, 7) is -0.0486. The predicted octanol–water partition coefficient (Wildman–Crippen LogP) is -1.51. The fourth-order valence-corrected chi connectivity index (χ4v) is 0.232. The Balaban J connectivity index is 3.58. The van der Waals surface area contributed by atoms with Crippen molar-refractivity contribution in [2.24, 2.45) is 0 Å². The lowest BCUT2D eigenvalue weighted by Crippen LogP contribution is -2.25. The van der Waals surface area contributed by atoms with E-state index in [-0.39, 0.29) is 19.4 Å². The van der Waals surface area contributed by atoms with Crippen LogP contribution < -0.4 is 0 Å². The van der Waals surface area contributed by atoms with E-state index in [0.29, 0.717) is 0 Å². The van der Waals surface area contributed by atoms with Crippen LogP contribution in [0.15, 0.2) is 0 Å². The molecule has 0 aromatic rings. The molecule has 0 amide bonds. The first-order valence-electron chi connectivity index (χ1n) is 2.12. The van der Waals surface area contributed by atoms with Gasteiger partial charge in [0.1, 0.15) is 0 Å². The first kappa shape index (κ1) is 8.47. The zero-order valence-corrected chi connectivity index (χ0v) is 4.76. The normalized spacial score (nSPS) is 8.10. The Kier molecular flexibility index (Phi) is 4.75. The molecule has 0 aliphatic carbocycles. The molecule has 0 saturated heterocycles. The SMILES string of the molecule is O=CO[B-](OC=O)OC=O. The maximum atomic E-state index is 9.55. The Morgan fingerprint density at radius 3 is 1.30 bits per heavy atom. The van der Waals surface area contributed by atoms with Crippen molar-refractivity contribution in [3.8, 4) is 0 Å². The molecule has 0 aliphatic rings. The highest BCUT2D eigenvalue weighted by Crippen LogP contribution is 1.83. The Hall–Kier alpha value is -1.53. The number of hydrogen-bond donors (Lipinski definition) is 0. The van der Waals surface area contributed by atoms with Crippen LogP contribution in [0.4, 0.5) is 0 Å². The summed E-state index contributed by atoms with van der Waals surface area (Å²) >= 11 is 0. The third-order valence-corrected chi connectivity index (χ3v) is 0.500. The molecule has 7 heteroatoms. The predicted molar refractivity (Wildman–Crippen MR) is 27.2 cm³/mol. The zero-order valence-electron chi connectivity index (χ0n) is 4.76. The Morgan fingerprint density at radius 2 is 1.10 bits per heavy atom. The van der Waals surface area contributed by atoms with Crippen molar-refractivity contribution < 1.29 is 28.3 Å². The summed E-state index contributed by atoms with van der Waals surface area (Å²) in [7, 11) is -1.58. The Morgan fingerprint density at radius 1 is 0.800 bits per heavy atom. The first-order chi connectivity index (χ1) is 4.85. The van der Waals surface area contributed by atoms with Gasteiger partial charge in [0.2, 0.25) is 19.4 Å². The molecule has 1 radical (unpaired) electrons. The van der Waals surface area contributed by atoms with E-state index < -0.39 is 7.32 Å². The van der Waals surface area contributed by atoms with Crippen molar-refractivity contribution in [1.82, 2.24) is 0 Å². The zero-order chi connectivity index (χ0) is 7.82. The minimum absolute atomic E-state index is 0.0162. The standard InChI is InChI=1S/C3H3BO6/c5-1-8-4(9-2-6)10-3-7/h1-3H/q-1. The molecule has 0 rings (SSSR count). The van der Waals surface area contributed by atoms with Gasteiger partial charge in [-0.05, 0) is 0 Å². The van der Waals surface area contributed by atoms with Crippen LogP contribution in [-0.2, 0) is 28.3 Å². The monoisotopic (exact) mass is 146 g/mol. The van der Waals surface area contributed by atoms with E-state index in [4.69, 9.17) is 0 Å². The summed E-state index contributed by atoms with van der Waals surface area (Å²) in [5, 5.41) is 0. The van der Waals surface area contributed by atoms with Crippen molar-refractivity contribution in [3.63, 3.8) is 0 Å². The Bertz CT molecular complexity index is 100. The van der Waals surface area contributed by atoms with Gasteiger partial charge < -0.3 is 14.0 Å². The van der Waals surface area contributed by atoms with Crippen molar-refractivity contribution in [3.05, 3.63) is 0 Å². The molecule has 0 atom stereocenters. The maximum absolute atomic E-state index is 9.55. The van der Waals surface area contributed by atoms with Crippen molar-refractivity contribution in [1.29, 1.82) is 0 Å². The van der Waals surface area contributed by atoms with Gasteiger partial charge >= 0.3 is 7.32 Å². The molecule has 0 aromatic heterocycles. The summed E-state index contributed by atoms with van der Waals surface area (Å²) in [6, 6.07) is 0. The van der Waals surface area contributed by atoms with Gasteiger partial charge in [0.05, 0.1) is 0 Å². The van der Waals surface area contributed by atoms with Crippen LogP contribution in [0, 0.1) is 0 Å². The minimum Gasteiger partial charge on any atom is -0.644 e. The van der Waals surface area contributed by atoms with Gasteiger partial charge in [0.25, 0.3) is 0 Å². The highest BCUT2D eigenvalue weighted by atomic mass is 16.8. The van der Waals surface area contributed by atoms with E-state index in [1.165, 1.54) is 0 Å². The van der Waals surface area contributed by atoms with Crippen LogP contribution in [0.1, 0.15) is 0 Å². The van der Waals surface area contributed by atoms with E-state index >= 15 is 0 Å². The van der Waals surface area contributed by atoms with Crippen LogP contribution in [0.3, 0.4) is 0 Å². The van der Waals surface area contributed by atoms with Crippen LogP contribution >= 0.6 is 0 Å². The molecule has 55 valence electrons. The molecule has 0 spiro atoms. The number of carbonyl (C=O) groups is 3. The van der Waals surface area contributed by atoms with Crippen LogP contribution in [0.5, 0.6) is 0 Å². The molecule has 0 N–H and O–H groups in total. The first-order valence-corrected chi connectivity index (χ1v) is 2.12. The van der Waals surface area contributed by atoms with Gasteiger partial charge in [-0.25, -0.2) is 0 Å². The molecule has 0 saturated carbocycles. The molecule has 0 heterocycles. The third kappa shape index (κ3) is 3.47. The molecule has 10 heavy (non-hydrogen) atoms. The lowest BCUT2D eigenvalue weighted by molar-refractivity contribution is -0.132. The quantitative estimate of drug-likeness (QED) is 0.334. The number of carbonyl (C=O) groups excluding carboxylic acids is 3. The van der Waals surface area contributed by atoms with Gasteiger partial charge in [0, 0.05) is 0 Å². The lowest BCUT2D eigenvalue weighted by atomic mass is 10.2. The number of rotatable bonds is 6. The molecular formula is C3H3BO6-. The smallest absolute Gasteiger partial charge is 0.525 e. The van der Waals surface area contributed by atoms with Crippen LogP contribution in [0.25, 0.3) is 0 Å². The summed E-state index contributed by atoms with van der Waals surface area (Å²) in [6.07, 6.45) is 0. The van der Waals surface area contributed by atoms with Gasteiger partial charge in [0.15, 0.2) is 0 Å². The van der Waals surface area contributed by atoms with Crippen LogP contribution in [-0.4, -0.2) is 26.7 Å². The second-order valence-electron chi connectivity index (χ2n) is 0.986. The van der Waals surface area contributed by atoms with E-state index in [1.54, 1.807) is 0 Å². The van der Waals surface area contributed by atoms with E-state index in [1.807, 2.05) is 0 Å². The average Bonchev–Trinajstić information content (AvgIpc) is 1.90. The van der Waals surface area contributed by atoms with Gasteiger partial charge in [-0.1, -0.05) is 0 Å². The molecular weight excluding hydrogens is 143 g/mol. The van der Waals surface area contributed by atoms with E-state index in [0.717, 1.165) is 0 Å². The summed E-state index contributed by atoms with van der Waals surface area (Å²) in [4.78, 5) is 28.7. The Labute approximate surface area is 56.2 Å². The largest absolute Gasteiger partial charge is 0.644 e. The second-order valence-corrected chi connectivity index (χ2v) is 0.986. The van der Waals surface area contributed by atoms with E-state index in [2.05, 4.69) is 14.0 Å². The molecule has 0 aromatic carbocycles. The molecule has 0 aliphatic heterocycles. The summed E-state index contributed by atoms with van der Waals surface area (Å²) in [5.74, 6) is 0. The van der Waals surface area contributed by atoms with Crippen molar-refractivity contribution in [2.45, 2.75) is 0 Å². The van der Waals surface area contributed by atoms with Gasteiger partial charge in [-0.3, -0.25) is 14.4 Å². The fraction of sp³-hybridized carbons (Fsp3) is 0. The minimum atomic E-state index is -1.58.